The second kappa shape index (κ2) is 8.11. The third-order valence-electron chi connectivity index (χ3n) is 3.11. The van der Waals surface area contributed by atoms with Crippen LogP contribution in [0.1, 0.15) is 10.5 Å². The molecule has 138 valence electrons. The zero-order valence-corrected chi connectivity index (χ0v) is 15.4. The molecule has 0 radical (unpaired) electrons. The van der Waals surface area contributed by atoms with Gasteiger partial charge >= 0.3 is 5.97 Å². The van der Waals surface area contributed by atoms with Crippen molar-refractivity contribution in [2.24, 2.45) is 0 Å². The molecule has 1 aromatic carbocycles. The van der Waals surface area contributed by atoms with Crippen molar-refractivity contribution >= 4 is 45.0 Å². The van der Waals surface area contributed by atoms with Crippen LogP contribution >= 0.6 is 11.6 Å². The molecular weight excluding hydrogens is 384 g/mol. The largest absolute Gasteiger partial charge is 0.464 e. The quantitative estimate of drug-likeness (QED) is 0.729. The SMILES string of the molecule is COC(=O)c1ccc(NC(=O)CN(c2cccc(Cl)c2)S(C)(=O)=O)nn1. The van der Waals surface area contributed by atoms with Crippen molar-refractivity contribution < 1.29 is 22.7 Å². The average Bonchev–Trinajstić information content (AvgIpc) is 2.58. The van der Waals surface area contributed by atoms with E-state index in [9.17, 15) is 18.0 Å². The first-order valence-corrected chi connectivity index (χ1v) is 9.38. The van der Waals surface area contributed by atoms with E-state index in [4.69, 9.17) is 11.6 Å². The first kappa shape index (κ1) is 19.6. The molecule has 0 saturated carbocycles. The van der Waals surface area contributed by atoms with Crippen molar-refractivity contribution in [3.8, 4) is 0 Å². The van der Waals surface area contributed by atoms with Gasteiger partial charge in [-0.2, -0.15) is 0 Å². The number of rotatable bonds is 6. The summed E-state index contributed by atoms with van der Waals surface area (Å²) in [5, 5.41) is 10.0. The number of hydrogen-bond donors (Lipinski definition) is 1. The van der Waals surface area contributed by atoms with E-state index in [1.807, 2.05) is 0 Å². The first-order valence-electron chi connectivity index (χ1n) is 7.16. The van der Waals surface area contributed by atoms with Crippen LogP contribution in [0.25, 0.3) is 0 Å². The van der Waals surface area contributed by atoms with Gasteiger partial charge in [-0.1, -0.05) is 17.7 Å². The molecule has 1 aromatic heterocycles. The average molecular weight is 399 g/mol. The van der Waals surface area contributed by atoms with Crippen LogP contribution in [0.4, 0.5) is 11.5 Å². The van der Waals surface area contributed by atoms with Gasteiger partial charge in [-0.05, 0) is 30.3 Å². The topological polar surface area (TPSA) is 119 Å². The van der Waals surface area contributed by atoms with E-state index in [2.05, 4.69) is 20.3 Å². The number of hydrogen-bond acceptors (Lipinski definition) is 7. The molecule has 0 spiro atoms. The molecule has 1 amide bonds. The van der Waals surface area contributed by atoms with E-state index in [1.54, 1.807) is 12.1 Å². The number of carbonyl (C=O) groups is 2. The summed E-state index contributed by atoms with van der Waals surface area (Å²) >= 11 is 5.88. The van der Waals surface area contributed by atoms with Crippen LogP contribution in [-0.2, 0) is 19.6 Å². The number of methoxy groups -OCH3 is 1. The zero-order valence-electron chi connectivity index (χ0n) is 13.8. The number of anilines is 2. The van der Waals surface area contributed by atoms with Crippen molar-refractivity contribution in [1.29, 1.82) is 0 Å². The molecule has 2 rings (SSSR count). The Bertz CT molecular complexity index is 918. The van der Waals surface area contributed by atoms with Gasteiger partial charge in [-0.3, -0.25) is 9.10 Å². The van der Waals surface area contributed by atoms with Crippen molar-refractivity contribution in [2.45, 2.75) is 0 Å². The molecule has 0 aliphatic rings. The fraction of sp³-hybridized carbons (Fsp3) is 0.200. The van der Waals surface area contributed by atoms with Crippen LogP contribution in [0.2, 0.25) is 5.02 Å². The molecule has 0 unspecified atom stereocenters. The smallest absolute Gasteiger partial charge is 0.358 e. The number of nitrogens with one attached hydrogen (secondary N) is 1. The van der Waals surface area contributed by atoms with Crippen LogP contribution in [-0.4, -0.2) is 50.4 Å². The molecule has 0 aliphatic carbocycles. The van der Waals surface area contributed by atoms with E-state index >= 15 is 0 Å². The maximum atomic E-state index is 12.2. The molecule has 9 nitrogen and oxygen atoms in total. The predicted molar refractivity (Wildman–Crippen MR) is 95.6 cm³/mol. The van der Waals surface area contributed by atoms with Gasteiger partial charge in [0.1, 0.15) is 6.54 Å². The Labute approximate surface area is 155 Å². The highest BCUT2D eigenvalue weighted by Gasteiger charge is 2.21. The maximum Gasteiger partial charge on any atom is 0.358 e. The molecule has 11 heteroatoms. The summed E-state index contributed by atoms with van der Waals surface area (Å²) in [6.45, 7) is -0.486. The molecule has 0 fully saturated rings. The van der Waals surface area contributed by atoms with Crippen LogP contribution in [0.3, 0.4) is 0 Å². The van der Waals surface area contributed by atoms with Crippen molar-refractivity contribution in [3.05, 3.63) is 47.1 Å². The molecule has 0 atom stereocenters. The molecule has 26 heavy (non-hydrogen) atoms. The number of amides is 1. The van der Waals surface area contributed by atoms with E-state index < -0.39 is 28.4 Å². The Morgan fingerprint density at radius 2 is 1.96 bits per heavy atom. The maximum absolute atomic E-state index is 12.2. The van der Waals surface area contributed by atoms with Gasteiger partial charge in [-0.25, -0.2) is 13.2 Å². The minimum atomic E-state index is -3.73. The third kappa shape index (κ3) is 5.14. The number of esters is 1. The van der Waals surface area contributed by atoms with Crippen molar-refractivity contribution in [3.63, 3.8) is 0 Å². The summed E-state index contributed by atoms with van der Waals surface area (Å²) < 4.78 is 29.4. The number of nitrogens with zero attached hydrogens (tertiary/aromatic N) is 3. The lowest BCUT2D eigenvalue weighted by Crippen LogP contribution is -2.37. The highest BCUT2D eigenvalue weighted by molar-refractivity contribution is 7.92. The summed E-state index contributed by atoms with van der Waals surface area (Å²) in [4.78, 5) is 23.5. The number of carbonyl (C=O) groups excluding carboxylic acids is 2. The predicted octanol–water partition coefficient (Wildman–Crippen LogP) is 1.32. The van der Waals surface area contributed by atoms with Gasteiger partial charge in [0.25, 0.3) is 0 Å². The molecule has 1 heterocycles. The summed E-state index contributed by atoms with van der Waals surface area (Å²) in [7, 11) is -2.52. The highest BCUT2D eigenvalue weighted by Crippen LogP contribution is 2.21. The lowest BCUT2D eigenvalue weighted by molar-refractivity contribution is -0.114. The number of benzene rings is 1. The Morgan fingerprint density at radius 1 is 1.23 bits per heavy atom. The lowest BCUT2D eigenvalue weighted by atomic mass is 10.3. The van der Waals surface area contributed by atoms with Gasteiger partial charge in [0.2, 0.25) is 15.9 Å². The van der Waals surface area contributed by atoms with Gasteiger partial charge in [-0.15, -0.1) is 10.2 Å². The monoisotopic (exact) mass is 398 g/mol. The van der Waals surface area contributed by atoms with Crippen LogP contribution in [0.5, 0.6) is 0 Å². The Morgan fingerprint density at radius 3 is 2.50 bits per heavy atom. The van der Waals surface area contributed by atoms with E-state index in [-0.39, 0.29) is 17.2 Å². The summed E-state index contributed by atoms with van der Waals surface area (Å²) in [5.41, 5.74) is 0.226. The minimum Gasteiger partial charge on any atom is -0.464 e. The zero-order chi connectivity index (χ0) is 19.3. The molecular formula is C15H15ClN4O5S. The molecule has 0 aliphatic heterocycles. The minimum absolute atomic E-state index is 0.0258. The third-order valence-corrected chi connectivity index (χ3v) is 4.49. The number of halogens is 1. The Kier molecular flexibility index (Phi) is 6.11. The summed E-state index contributed by atoms with van der Waals surface area (Å²) in [6, 6.07) is 8.78. The summed E-state index contributed by atoms with van der Waals surface area (Å²) in [6.07, 6.45) is 0.978. The van der Waals surface area contributed by atoms with Crippen molar-refractivity contribution in [2.75, 3.05) is 29.5 Å². The van der Waals surface area contributed by atoms with E-state index in [0.717, 1.165) is 10.6 Å². The number of aromatic nitrogens is 2. The lowest BCUT2D eigenvalue weighted by Gasteiger charge is -2.21. The van der Waals surface area contributed by atoms with E-state index in [0.29, 0.717) is 5.02 Å². The second-order valence-electron chi connectivity index (χ2n) is 5.09. The fourth-order valence-corrected chi connectivity index (χ4v) is 2.99. The van der Waals surface area contributed by atoms with Gasteiger partial charge in [0.15, 0.2) is 11.5 Å². The summed E-state index contributed by atoms with van der Waals surface area (Å²) in [5.74, 6) is -1.25. The van der Waals surface area contributed by atoms with Crippen molar-refractivity contribution in [1.82, 2.24) is 10.2 Å². The Balaban J connectivity index is 2.14. The molecule has 1 N–H and O–H groups in total. The van der Waals surface area contributed by atoms with Crippen LogP contribution in [0.15, 0.2) is 36.4 Å². The molecule has 0 bridgehead atoms. The number of sulfonamides is 1. The van der Waals surface area contributed by atoms with Crippen LogP contribution < -0.4 is 9.62 Å². The normalized spacial score (nSPS) is 10.9. The van der Waals surface area contributed by atoms with E-state index in [1.165, 1.54) is 31.4 Å². The standard InChI is InChI=1S/C15H15ClN4O5S/c1-25-15(22)12-6-7-13(19-18-12)17-14(21)9-20(26(2,23)24)11-5-3-4-10(16)8-11/h3-8H,9H2,1-2H3,(H,17,19,21). The second-order valence-corrected chi connectivity index (χ2v) is 7.44. The molecule has 2 aromatic rings. The fourth-order valence-electron chi connectivity index (χ4n) is 1.96. The highest BCUT2D eigenvalue weighted by atomic mass is 35.5. The van der Waals surface area contributed by atoms with Gasteiger partial charge in [0, 0.05) is 5.02 Å². The Hall–Kier alpha value is -2.72. The van der Waals surface area contributed by atoms with Gasteiger partial charge in [0.05, 0.1) is 19.1 Å². The van der Waals surface area contributed by atoms with Gasteiger partial charge < -0.3 is 10.1 Å². The number of ether oxygens (including phenoxy) is 1. The van der Waals surface area contributed by atoms with Crippen LogP contribution in [0, 0.1) is 0 Å². The molecule has 0 saturated heterocycles. The first-order chi connectivity index (χ1) is 12.2.